The van der Waals surface area contributed by atoms with Gasteiger partial charge in [-0.25, -0.2) is 9.80 Å². The molecule has 0 heterocycles. The van der Waals surface area contributed by atoms with Crippen LogP contribution in [0.1, 0.15) is 13.8 Å². The van der Waals surface area contributed by atoms with E-state index in [0.29, 0.717) is 0 Å². The van der Waals surface area contributed by atoms with Gasteiger partial charge in [-0.05, 0) is 42.0 Å². The predicted octanol–water partition coefficient (Wildman–Crippen LogP) is 1.64. The first-order valence-corrected chi connectivity index (χ1v) is 6.22. The van der Waals surface area contributed by atoms with Gasteiger partial charge in [0.15, 0.2) is 0 Å². The zero-order valence-electron chi connectivity index (χ0n) is 10.6. The van der Waals surface area contributed by atoms with Gasteiger partial charge in [0.25, 0.3) is 3.79 Å². The van der Waals surface area contributed by atoms with E-state index in [1.165, 1.54) is 0 Å². The topological polar surface area (TPSA) is 6.48 Å². The number of rotatable bonds is 5. The molecule has 14 heavy (non-hydrogen) atoms. The Morgan fingerprint density at radius 2 is 1.29 bits per heavy atom. The summed E-state index contributed by atoms with van der Waals surface area (Å²) >= 11 is 2.56. The molecule has 0 unspecified atom stereocenters. The molecule has 0 bridgehead atoms. The molecule has 0 atom stereocenters. The standard InChI is InChI=1S/C10H25IN3/c1-8-14(7,9-2)10(11,12(3)4)13(5)6/h8-9H2,1-7H3/q+1. The van der Waals surface area contributed by atoms with Gasteiger partial charge in [0.2, 0.25) is 0 Å². The summed E-state index contributed by atoms with van der Waals surface area (Å²) in [5, 5.41) is 0. The van der Waals surface area contributed by atoms with Crippen LogP contribution in [0.3, 0.4) is 0 Å². The van der Waals surface area contributed by atoms with E-state index >= 15 is 0 Å². The van der Waals surface area contributed by atoms with Gasteiger partial charge in [-0.2, -0.15) is 0 Å². The number of hydrogen-bond donors (Lipinski definition) is 0. The zero-order chi connectivity index (χ0) is 11.6. The number of alkyl halides is 1. The van der Waals surface area contributed by atoms with Gasteiger partial charge in [0.05, 0.1) is 20.1 Å². The number of hydrogen-bond acceptors (Lipinski definition) is 2. The second kappa shape index (κ2) is 5.09. The first kappa shape index (κ1) is 14.6. The quantitative estimate of drug-likeness (QED) is 0.250. The highest BCUT2D eigenvalue weighted by atomic mass is 127. The van der Waals surface area contributed by atoms with Crippen molar-refractivity contribution < 1.29 is 4.48 Å². The number of quaternary nitrogens is 1. The lowest BCUT2D eigenvalue weighted by atomic mass is 10.3. The minimum Gasteiger partial charge on any atom is -0.287 e. The van der Waals surface area contributed by atoms with Gasteiger partial charge in [-0.15, -0.1) is 0 Å². The molecular formula is C10H25IN3+. The van der Waals surface area contributed by atoms with Crippen molar-refractivity contribution in [3.63, 3.8) is 0 Å². The van der Waals surface area contributed by atoms with Crippen LogP contribution in [0.15, 0.2) is 0 Å². The lowest BCUT2D eigenvalue weighted by Crippen LogP contribution is -2.70. The van der Waals surface area contributed by atoms with Crippen LogP contribution in [0.2, 0.25) is 0 Å². The van der Waals surface area contributed by atoms with Gasteiger partial charge >= 0.3 is 0 Å². The molecule has 0 aromatic heterocycles. The van der Waals surface area contributed by atoms with Crippen LogP contribution in [-0.2, 0) is 0 Å². The van der Waals surface area contributed by atoms with Gasteiger partial charge in [0.1, 0.15) is 0 Å². The van der Waals surface area contributed by atoms with Crippen molar-refractivity contribution in [2.24, 2.45) is 0 Å². The molecular weight excluding hydrogens is 289 g/mol. The van der Waals surface area contributed by atoms with Crippen LogP contribution >= 0.6 is 22.6 Å². The van der Waals surface area contributed by atoms with E-state index in [9.17, 15) is 0 Å². The Morgan fingerprint density at radius 1 is 1.00 bits per heavy atom. The Hall–Kier alpha value is 0.610. The predicted molar refractivity (Wildman–Crippen MR) is 71.4 cm³/mol. The SMILES string of the molecule is CC[N+](C)(CC)C(I)(N(C)C)N(C)C. The van der Waals surface area contributed by atoms with Crippen molar-refractivity contribution in [1.29, 1.82) is 0 Å². The summed E-state index contributed by atoms with van der Waals surface area (Å²) in [6, 6.07) is 0. The average molecular weight is 314 g/mol. The van der Waals surface area contributed by atoms with Crippen LogP contribution < -0.4 is 0 Å². The van der Waals surface area contributed by atoms with Crippen LogP contribution in [0, 0.1) is 0 Å². The highest BCUT2D eigenvalue weighted by Crippen LogP contribution is 2.34. The monoisotopic (exact) mass is 314 g/mol. The van der Waals surface area contributed by atoms with Crippen molar-refractivity contribution >= 4 is 22.6 Å². The van der Waals surface area contributed by atoms with Crippen molar-refractivity contribution in [3.05, 3.63) is 0 Å². The molecule has 0 saturated heterocycles. The Balaban J connectivity index is 5.18. The zero-order valence-corrected chi connectivity index (χ0v) is 12.8. The first-order valence-electron chi connectivity index (χ1n) is 5.14. The van der Waals surface area contributed by atoms with Crippen LogP contribution in [0.5, 0.6) is 0 Å². The molecule has 0 aliphatic heterocycles. The molecule has 86 valence electrons. The van der Waals surface area contributed by atoms with E-state index in [4.69, 9.17) is 0 Å². The van der Waals surface area contributed by atoms with E-state index in [2.05, 4.69) is 81.5 Å². The second-order valence-electron chi connectivity index (χ2n) is 4.37. The molecule has 0 fully saturated rings. The molecule has 0 rings (SSSR count). The molecule has 0 aliphatic carbocycles. The molecule has 0 aromatic carbocycles. The third-order valence-electron chi connectivity index (χ3n) is 3.22. The summed E-state index contributed by atoms with van der Waals surface area (Å²) in [5.41, 5.74) is 0. The normalized spacial score (nSPS) is 14.1. The Labute approximate surface area is 103 Å². The van der Waals surface area contributed by atoms with Crippen molar-refractivity contribution in [1.82, 2.24) is 9.80 Å². The molecule has 0 amide bonds. The fraction of sp³-hybridized carbons (Fsp3) is 1.00. The van der Waals surface area contributed by atoms with Crippen LogP contribution in [0.25, 0.3) is 0 Å². The minimum absolute atomic E-state index is 0.0290. The van der Waals surface area contributed by atoms with Crippen molar-refractivity contribution in [2.75, 3.05) is 48.3 Å². The fourth-order valence-electron chi connectivity index (χ4n) is 1.99. The van der Waals surface area contributed by atoms with Gasteiger partial charge in [-0.3, -0.25) is 4.48 Å². The Morgan fingerprint density at radius 3 is 1.36 bits per heavy atom. The van der Waals surface area contributed by atoms with E-state index in [-0.39, 0.29) is 3.79 Å². The summed E-state index contributed by atoms with van der Waals surface area (Å²) in [6.45, 7) is 6.78. The van der Waals surface area contributed by atoms with Crippen LogP contribution in [0.4, 0.5) is 0 Å². The van der Waals surface area contributed by atoms with Crippen molar-refractivity contribution in [3.8, 4) is 0 Å². The molecule has 4 heteroatoms. The van der Waals surface area contributed by atoms with Crippen LogP contribution in [-0.4, -0.2) is 66.4 Å². The molecule has 0 aliphatic rings. The molecule has 0 N–H and O–H groups in total. The van der Waals surface area contributed by atoms with Gasteiger partial charge < -0.3 is 0 Å². The van der Waals surface area contributed by atoms with E-state index in [1.807, 2.05) is 0 Å². The average Bonchev–Trinajstić information content (AvgIpc) is 2.14. The highest BCUT2D eigenvalue weighted by Gasteiger charge is 2.48. The second-order valence-corrected chi connectivity index (χ2v) is 5.82. The fourth-order valence-corrected chi connectivity index (χ4v) is 2.67. The maximum absolute atomic E-state index is 2.56. The van der Waals surface area contributed by atoms with E-state index in [1.54, 1.807) is 0 Å². The Kier molecular flexibility index (Phi) is 5.32. The molecule has 0 saturated carbocycles. The summed E-state index contributed by atoms with van der Waals surface area (Å²) < 4.78 is 1.05. The largest absolute Gasteiger partial charge is 0.287 e. The number of nitrogens with zero attached hydrogens (tertiary/aromatic N) is 3. The van der Waals surface area contributed by atoms with E-state index < -0.39 is 0 Å². The third kappa shape index (κ3) is 2.23. The lowest BCUT2D eigenvalue weighted by molar-refractivity contribution is -0.958. The minimum atomic E-state index is 0.0290. The maximum atomic E-state index is 2.56. The first-order chi connectivity index (χ1) is 6.26. The Bertz CT molecular complexity index is 168. The lowest BCUT2D eigenvalue weighted by Gasteiger charge is -2.52. The summed E-state index contributed by atoms with van der Waals surface area (Å²) in [5.74, 6) is 0. The van der Waals surface area contributed by atoms with E-state index in [0.717, 1.165) is 17.6 Å². The van der Waals surface area contributed by atoms with Crippen molar-refractivity contribution in [2.45, 2.75) is 17.6 Å². The highest BCUT2D eigenvalue weighted by molar-refractivity contribution is 14.1. The molecule has 0 radical (unpaired) electrons. The third-order valence-corrected chi connectivity index (χ3v) is 6.32. The molecule has 0 aromatic rings. The molecule has 0 spiro atoms. The smallest absolute Gasteiger partial charge is 0.265 e. The maximum Gasteiger partial charge on any atom is 0.265 e. The molecule has 3 nitrogen and oxygen atoms in total. The van der Waals surface area contributed by atoms with Gasteiger partial charge in [0, 0.05) is 22.6 Å². The summed E-state index contributed by atoms with van der Waals surface area (Å²) in [7, 11) is 10.9. The number of halogens is 1. The van der Waals surface area contributed by atoms with Gasteiger partial charge in [-0.1, -0.05) is 0 Å². The summed E-state index contributed by atoms with van der Waals surface area (Å²) in [6.07, 6.45) is 0. The summed E-state index contributed by atoms with van der Waals surface area (Å²) in [4.78, 5) is 4.58.